The first-order chi connectivity index (χ1) is 11.5. The van der Waals surface area contributed by atoms with Gasteiger partial charge in [-0.15, -0.1) is 0 Å². The van der Waals surface area contributed by atoms with Gasteiger partial charge in [0.25, 0.3) is 5.91 Å². The summed E-state index contributed by atoms with van der Waals surface area (Å²) in [4.78, 5) is 12.2. The van der Waals surface area contributed by atoms with Crippen molar-refractivity contribution in [2.24, 2.45) is 5.73 Å². The summed E-state index contributed by atoms with van der Waals surface area (Å²) in [5.74, 6) is -0.378. The SMILES string of the molecule is CCC(=N)/C(C)=C(\N)C(=O)Nc1ccc([C@@H]2O[C@H]3CN[C@@H]2C3)cc1. The minimum absolute atomic E-state index is 0.0886. The van der Waals surface area contributed by atoms with Gasteiger partial charge >= 0.3 is 0 Å². The predicted molar refractivity (Wildman–Crippen MR) is 94.0 cm³/mol. The van der Waals surface area contributed by atoms with Crippen LogP contribution in [0.4, 0.5) is 5.69 Å². The molecule has 2 aliphatic heterocycles. The summed E-state index contributed by atoms with van der Waals surface area (Å²) < 4.78 is 5.97. The molecule has 0 aromatic heterocycles. The highest BCUT2D eigenvalue weighted by atomic mass is 16.5. The molecule has 2 bridgehead atoms. The molecule has 24 heavy (non-hydrogen) atoms. The molecular formula is C18H24N4O2. The molecule has 2 aliphatic rings. The van der Waals surface area contributed by atoms with Crippen molar-refractivity contribution in [2.75, 3.05) is 11.9 Å². The first-order valence-corrected chi connectivity index (χ1v) is 8.34. The third-order valence-electron chi connectivity index (χ3n) is 4.78. The second kappa shape index (κ2) is 6.75. The van der Waals surface area contributed by atoms with Gasteiger partial charge in [-0.2, -0.15) is 0 Å². The molecule has 0 unspecified atom stereocenters. The quantitative estimate of drug-likeness (QED) is 0.491. The number of amides is 1. The molecule has 0 aliphatic carbocycles. The van der Waals surface area contributed by atoms with E-state index in [-0.39, 0.29) is 17.7 Å². The predicted octanol–water partition coefficient (Wildman–Crippen LogP) is 2.09. The maximum Gasteiger partial charge on any atom is 0.271 e. The molecule has 1 aromatic carbocycles. The molecule has 1 aromatic rings. The molecule has 5 N–H and O–H groups in total. The minimum atomic E-state index is -0.378. The van der Waals surface area contributed by atoms with Crippen LogP contribution in [0, 0.1) is 5.41 Å². The lowest BCUT2D eigenvalue weighted by atomic mass is 10.0. The van der Waals surface area contributed by atoms with Crippen LogP contribution >= 0.6 is 0 Å². The van der Waals surface area contributed by atoms with E-state index in [4.69, 9.17) is 15.9 Å². The fourth-order valence-electron chi connectivity index (χ4n) is 3.23. The molecule has 0 saturated carbocycles. The molecule has 128 valence electrons. The van der Waals surface area contributed by atoms with Gasteiger partial charge in [-0.05, 0) is 43.0 Å². The van der Waals surface area contributed by atoms with Crippen LogP contribution in [0.3, 0.4) is 0 Å². The van der Waals surface area contributed by atoms with E-state index in [9.17, 15) is 4.79 Å². The molecule has 6 nitrogen and oxygen atoms in total. The number of rotatable bonds is 5. The van der Waals surface area contributed by atoms with E-state index in [0.29, 0.717) is 35.5 Å². The van der Waals surface area contributed by atoms with Gasteiger partial charge in [-0.25, -0.2) is 0 Å². The summed E-state index contributed by atoms with van der Waals surface area (Å²) in [5, 5.41) is 14.0. The summed E-state index contributed by atoms with van der Waals surface area (Å²) in [7, 11) is 0. The first kappa shape index (κ1) is 16.7. The number of hydrogen-bond donors (Lipinski definition) is 4. The van der Waals surface area contributed by atoms with Crippen molar-refractivity contribution >= 4 is 17.3 Å². The lowest BCUT2D eigenvalue weighted by molar-refractivity contribution is -0.112. The van der Waals surface area contributed by atoms with Crippen LogP contribution in [0.25, 0.3) is 0 Å². The van der Waals surface area contributed by atoms with Crippen molar-refractivity contribution in [3.63, 3.8) is 0 Å². The van der Waals surface area contributed by atoms with Crippen LogP contribution in [0.1, 0.15) is 38.4 Å². The van der Waals surface area contributed by atoms with Crippen LogP contribution in [-0.4, -0.2) is 30.3 Å². The second-order valence-corrected chi connectivity index (χ2v) is 6.38. The zero-order chi connectivity index (χ0) is 17.3. The Morgan fingerprint density at radius 1 is 1.42 bits per heavy atom. The minimum Gasteiger partial charge on any atom is -0.394 e. The molecule has 0 spiro atoms. The molecule has 3 rings (SSSR count). The van der Waals surface area contributed by atoms with Gasteiger partial charge in [0.15, 0.2) is 0 Å². The summed E-state index contributed by atoms with van der Waals surface area (Å²) >= 11 is 0. The van der Waals surface area contributed by atoms with Gasteiger partial charge in [0.05, 0.1) is 12.2 Å². The molecule has 2 fully saturated rings. The number of morpholine rings is 1. The van der Waals surface area contributed by atoms with Crippen molar-refractivity contribution in [1.29, 1.82) is 5.41 Å². The average Bonchev–Trinajstić information content (AvgIpc) is 3.23. The summed E-state index contributed by atoms with van der Waals surface area (Å²) in [6.45, 7) is 4.50. The van der Waals surface area contributed by atoms with E-state index in [1.165, 1.54) is 0 Å². The normalized spacial score (nSPS) is 26.2. The van der Waals surface area contributed by atoms with Crippen LogP contribution in [-0.2, 0) is 9.53 Å². The lowest BCUT2D eigenvalue weighted by Gasteiger charge is -2.23. The van der Waals surface area contributed by atoms with Gasteiger partial charge in [0.2, 0.25) is 0 Å². The summed E-state index contributed by atoms with van der Waals surface area (Å²) in [6, 6.07) is 8.05. The van der Waals surface area contributed by atoms with Gasteiger partial charge in [0.1, 0.15) is 5.70 Å². The monoisotopic (exact) mass is 328 g/mol. The van der Waals surface area contributed by atoms with Crippen LogP contribution in [0.2, 0.25) is 0 Å². The summed E-state index contributed by atoms with van der Waals surface area (Å²) in [5.41, 5.74) is 8.63. The number of fused-ring (bicyclic) bond motifs is 2. The molecule has 3 atom stereocenters. The van der Waals surface area contributed by atoms with Gasteiger partial charge in [-0.1, -0.05) is 19.1 Å². The standard InChI is InChI=1S/C18H24N4O2/c1-3-14(19)10(2)16(20)18(23)22-12-6-4-11(5-7-12)17-15-8-13(24-17)9-21-15/h4-7,13,15,17,19,21H,3,8-9,20H2,1-2H3,(H,22,23)/b16-10-,19-14?/t13-,15-,17+/m1/s1. The van der Waals surface area contributed by atoms with Gasteiger partial charge in [-0.3, -0.25) is 4.79 Å². The molecule has 0 radical (unpaired) electrons. The number of ether oxygens (including phenoxy) is 1. The Bertz CT molecular complexity index is 681. The van der Waals surface area contributed by atoms with Crippen molar-refractivity contribution in [2.45, 2.75) is 44.9 Å². The van der Waals surface area contributed by atoms with E-state index in [1.807, 2.05) is 31.2 Å². The number of benzene rings is 1. The Morgan fingerprint density at radius 2 is 2.12 bits per heavy atom. The maximum absolute atomic E-state index is 12.2. The number of carbonyl (C=O) groups is 1. The van der Waals surface area contributed by atoms with E-state index >= 15 is 0 Å². The lowest BCUT2D eigenvalue weighted by Crippen LogP contribution is -2.33. The largest absolute Gasteiger partial charge is 0.394 e. The second-order valence-electron chi connectivity index (χ2n) is 6.38. The van der Waals surface area contributed by atoms with E-state index in [1.54, 1.807) is 6.92 Å². The highest BCUT2D eigenvalue weighted by Gasteiger charge is 2.41. The molecule has 1 amide bonds. The molecule has 2 heterocycles. The summed E-state index contributed by atoms with van der Waals surface area (Å²) in [6.07, 6.45) is 2.02. The Hall–Kier alpha value is -2.18. The maximum atomic E-state index is 12.2. The smallest absolute Gasteiger partial charge is 0.271 e. The fraction of sp³-hybridized carbons (Fsp3) is 0.444. The zero-order valence-corrected chi connectivity index (χ0v) is 14.1. The van der Waals surface area contributed by atoms with E-state index in [0.717, 1.165) is 18.5 Å². The Balaban J connectivity index is 1.66. The Kier molecular flexibility index (Phi) is 4.69. The highest BCUT2D eigenvalue weighted by Crippen LogP contribution is 2.37. The third-order valence-corrected chi connectivity index (χ3v) is 4.78. The Morgan fingerprint density at radius 3 is 2.67 bits per heavy atom. The number of allylic oxidation sites excluding steroid dienone is 1. The highest BCUT2D eigenvalue weighted by molar-refractivity contribution is 6.10. The fourth-order valence-corrected chi connectivity index (χ4v) is 3.23. The molecular weight excluding hydrogens is 304 g/mol. The van der Waals surface area contributed by atoms with Crippen LogP contribution in [0.15, 0.2) is 35.5 Å². The number of hydrogen-bond acceptors (Lipinski definition) is 5. The van der Waals surface area contributed by atoms with E-state index in [2.05, 4.69) is 10.6 Å². The van der Waals surface area contributed by atoms with Crippen molar-refractivity contribution < 1.29 is 9.53 Å². The van der Waals surface area contributed by atoms with Crippen molar-refractivity contribution in [3.05, 3.63) is 41.1 Å². The molecule has 2 saturated heterocycles. The van der Waals surface area contributed by atoms with Gasteiger partial charge in [0, 0.05) is 24.0 Å². The average molecular weight is 328 g/mol. The van der Waals surface area contributed by atoms with Crippen molar-refractivity contribution in [1.82, 2.24) is 5.32 Å². The number of anilines is 1. The number of nitrogens with one attached hydrogen (secondary N) is 3. The van der Waals surface area contributed by atoms with Crippen LogP contribution in [0.5, 0.6) is 0 Å². The number of nitrogens with two attached hydrogens (primary N) is 1. The topological polar surface area (TPSA) is 100 Å². The van der Waals surface area contributed by atoms with Crippen LogP contribution < -0.4 is 16.4 Å². The zero-order valence-electron chi connectivity index (χ0n) is 14.1. The van der Waals surface area contributed by atoms with E-state index < -0.39 is 0 Å². The van der Waals surface area contributed by atoms with Crippen molar-refractivity contribution in [3.8, 4) is 0 Å². The first-order valence-electron chi connectivity index (χ1n) is 8.34. The number of carbonyl (C=O) groups excluding carboxylic acids is 1. The third kappa shape index (κ3) is 3.20. The molecule has 6 heteroatoms. The van der Waals surface area contributed by atoms with Gasteiger partial charge < -0.3 is 26.5 Å². The Labute approximate surface area is 142 Å².